The minimum absolute atomic E-state index is 0.0800. The van der Waals surface area contributed by atoms with Crippen LogP contribution in [0.5, 0.6) is 0 Å². The Labute approximate surface area is 133 Å². The Morgan fingerprint density at radius 3 is 2.00 bits per heavy atom. The molecule has 0 radical (unpaired) electrons. The van der Waals surface area contributed by atoms with E-state index in [1.807, 2.05) is 20.8 Å². The van der Waals surface area contributed by atoms with E-state index in [1.54, 1.807) is 21.0 Å². The van der Waals surface area contributed by atoms with E-state index in [4.69, 9.17) is 9.84 Å². The van der Waals surface area contributed by atoms with E-state index < -0.39 is 16.7 Å². The summed E-state index contributed by atoms with van der Waals surface area (Å²) in [6.45, 7) is 9.13. The van der Waals surface area contributed by atoms with Crippen molar-refractivity contribution in [3.8, 4) is 12.1 Å². The lowest BCUT2D eigenvalue weighted by Gasteiger charge is -2.29. The molecule has 124 valence electrons. The second-order valence-corrected chi connectivity index (χ2v) is 6.94. The molecule has 0 aromatic rings. The van der Waals surface area contributed by atoms with E-state index in [0.717, 1.165) is 0 Å². The van der Waals surface area contributed by atoms with Crippen LogP contribution in [-0.4, -0.2) is 35.5 Å². The lowest BCUT2D eigenvalue weighted by molar-refractivity contribution is 0.00463. The van der Waals surface area contributed by atoms with Crippen molar-refractivity contribution in [2.24, 2.45) is 16.1 Å². The topological polar surface area (TPSA) is 102 Å². The maximum Gasteiger partial charge on any atom is 0.167 e. The van der Waals surface area contributed by atoms with Gasteiger partial charge >= 0.3 is 0 Å². The average Bonchev–Trinajstić information content (AvgIpc) is 2.50. The second-order valence-electron chi connectivity index (χ2n) is 6.94. The van der Waals surface area contributed by atoms with Crippen molar-refractivity contribution in [1.29, 1.82) is 10.5 Å². The molecule has 0 aromatic carbocycles. The first-order valence-electron chi connectivity index (χ1n) is 7.48. The zero-order valence-electron chi connectivity index (χ0n) is 14.6. The van der Waals surface area contributed by atoms with Gasteiger partial charge in [0.25, 0.3) is 0 Å². The van der Waals surface area contributed by atoms with E-state index in [9.17, 15) is 10.5 Å². The molecule has 1 N–H and O–H groups in total. The largest absolute Gasteiger partial charge is 0.396 e. The molecule has 0 aliphatic rings. The van der Waals surface area contributed by atoms with Crippen LogP contribution in [0.2, 0.25) is 0 Å². The van der Waals surface area contributed by atoms with Gasteiger partial charge in [-0.1, -0.05) is 6.92 Å². The molecule has 0 rings (SSSR count). The van der Waals surface area contributed by atoms with Gasteiger partial charge in [0.05, 0.1) is 17.7 Å². The highest BCUT2D eigenvalue weighted by Crippen LogP contribution is 2.28. The molecule has 0 saturated carbocycles. The van der Waals surface area contributed by atoms with Gasteiger partial charge in [0.15, 0.2) is 11.1 Å². The van der Waals surface area contributed by atoms with Crippen LogP contribution < -0.4 is 0 Å². The number of nitriles is 2. The number of aliphatic hydroxyl groups is 1. The molecule has 0 aliphatic carbocycles. The van der Waals surface area contributed by atoms with Crippen LogP contribution in [0.3, 0.4) is 0 Å². The molecular weight excluding hydrogens is 280 g/mol. The Kier molecular flexibility index (Phi) is 7.66. The van der Waals surface area contributed by atoms with Crippen molar-refractivity contribution >= 4 is 0 Å². The van der Waals surface area contributed by atoms with Gasteiger partial charge in [0.1, 0.15) is 0 Å². The molecule has 0 amide bonds. The Morgan fingerprint density at radius 1 is 1.09 bits per heavy atom. The molecule has 6 heteroatoms. The first kappa shape index (κ1) is 20.5. The molecule has 3 unspecified atom stereocenters. The molecule has 22 heavy (non-hydrogen) atoms. The second kappa shape index (κ2) is 8.22. The minimum Gasteiger partial charge on any atom is -0.396 e. The van der Waals surface area contributed by atoms with Crippen molar-refractivity contribution in [2.45, 2.75) is 70.6 Å². The Hall–Kier alpha value is -1.50. The molecule has 0 heterocycles. The molecule has 6 nitrogen and oxygen atoms in total. The molecule has 0 saturated heterocycles. The highest BCUT2D eigenvalue weighted by atomic mass is 16.5. The van der Waals surface area contributed by atoms with E-state index in [1.165, 1.54) is 0 Å². The summed E-state index contributed by atoms with van der Waals surface area (Å²) in [5, 5.41) is 36.1. The fourth-order valence-corrected chi connectivity index (χ4v) is 1.97. The molecule has 3 atom stereocenters. The van der Waals surface area contributed by atoms with Gasteiger partial charge in [-0.15, -0.1) is 0 Å². The average molecular weight is 308 g/mol. The summed E-state index contributed by atoms with van der Waals surface area (Å²) in [6.07, 6.45) is 1.54. The lowest BCUT2D eigenvalue weighted by atomic mass is 9.89. The van der Waals surface area contributed by atoms with Gasteiger partial charge in [-0.05, 0) is 46.5 Å². The maximum absolute atomic E-state index is 9.39. The number of aliphatic hydroxyl groups excluding tert-OH is 1. The number of methoxy groups -OCH3 is 1. The summed E-state index contributed by atoms with van der Waals surface area (Å²) < 4.78 is 5.34. The number of ether oxygens (including phenoxy) is 1. The fourth-order valence-electron chi connectivity index (χ4n) is 1.97. The standard InChI is InChI=1S/C16H28N4O2/c1-13(9-21)7-8-15(4,11-17)19-20-16(5,12-18)10-14(2,3)22-6/h13,21H,7-10H2,1-6H3. The van der Waals surface area contributed by atoms with E-state index in [0.29, 0.717) is 19.3 Å². The zero-order chi connectivity index (χ0) is 17.4. The van der Waals surface area contributed by atoms with E-state index in [2.05, 4.69) is 22.4 Å². The molecule has 0 aliphatic heterocycles. The molecule has 0 aromatic heterocycles. The predicted octanol–water partition coefficient (Wildman–Crippen LogP) is 3.23. The molecule has 0 bridgehead atoms. The number of nitrogens with zero attached hydrogens (tertiary/aromatic N) is 4. The van der Waals surface area contributed by atoms with Crippen LogP contribution in [0.4, 0.5) is 0 Å². The third kappa shape index (κ3) is 6.98. The minimum atomic E-state index is -1.04. The van der Waals surface area contributed by atoms with Crippen LogP contribution in [0, 0.1) is 28.6 Å². The summed E-state index contributed by atoms with van der Waals surface area (Å²) in [4.78, 5) is 0. The summed E-state index contributed by atoms with van der Waals surface area (Å²) in [7, 11) is 1.59. The predicted molar refractivity (Wildman–Crippen MR) is 84.1 cm³/mol. The lowest BCUT2D eigenvalue weighted by Crippen LogP contribution is -2.35. The van der Waals surface area contributed by atoms with Crippen LogP contribution >= 0.6 is 0 Å². The first-order chi connectivity index (χ1) is 10.1. The summed E-state index contributed by atoms with van der Waals surface area (Å²) in [5.41, 5.74) is -2.53. The van der Waals surface area contributed by atoms with Crippen molar-refractivity contribution in [2.75, 3.05) is 13.7 Å². The summed E-state index contributed by atoms with van der Waals surface area (Å²) in [5.74, 6) is 0.109. The van der Waals surface area contributed by atoms with Crippen molar-refractivity contribution in [3.63, 3.8) is 0 Å². The van der Waals surface area contributed by atoms with Gasteiger partial charge in [-0.2, -0.15) is 20.8 Å². The van der Waals surface area contributed by atoms with Gasteiger partial charge < -0.3 is 9.84 Å². The van der Waals surface area contributed by atoms with Crippen LogP contribution in [-0.2, 0) is 4.74 Å². The number of rotatable bonds is 9. The van der Waals surface area contributed by atoms with Gasteiger partial charge in [-0.25, -0.2) is 0 Å². The quantitative estimate of drug-likeness (QED) is 0.660. The third-order valence-corrected chi connectivity index (χ3v) is 3.73. The van der Waals surface area contributed by atoms with E-state index >= 15 is 0 Å². The first-order valence-corrected chi connectivity index (χ1v) is 7.48. The summed E-state index contributed by atoms with van der Waals surface area (Å²) >= 11 is 0. The third-order valence-electron chi connectivity index (χ3n) is 3.73. The highest BCUT2D eigenvalue weighted by molar-refractivity contribution is 5.09. The van der Waals surface area contributed by atoms with Gasteiger partial charge in [0.2, 0.25) is 0 Å². The van der Waals surface area contributed by atoms with Crippen LogP contribution in [0.15, 0.2) is 10.2 Å². The molecular formula is C16H28N4O2. The Bertz CT molecular complexity index is 464. The SMILES string of the molecule is COC(C)(C)CC(C)(C#N)N=NC(C)(C#N)CCC(C)CO. The fraction of sp³-hybridized carbons (Fsp3) is 0.875. The number of hydrogen-bond donors (Lipinski definition) is 1. The smallest absolute Gasteiger partial charge is 0.167 e. The van der Waals surface area contributed by atoms with Crippen LogP contribution in [0.25, 0.3) is 0 Å². The van der Waals surface area contributed by atoms with Gasteiger partial charge in [-0.3, -0.25) is 0 Å². The van der Waals surface area contributed by atoms with Crippen molar-refractivity contribution in [3.05, 3.63) is 0 Å². The van der Waals surface area contributed by atoms with E-state index in [-0.39, 0.29) is 12.5 Å². The number of azo groups is 1. The Balaban J connectivity index is 5.08. The maximum atomic E-state index is 9.39. The monoisotopic (exact) mass is 308 g/mol. The Morgan fingerprint density at radius 2 is 1.59 bits per heavy atom. The van der Waals surface area contributed by atoms with Crippen molar-refractivity contribution in [1.82, 2.24) is 0 Å². The van der Waals surface area contributed by atoms with Gasteiger partial charge in [0, 0.05) is 20.1 Å². The highest BCUT2D eigenvalue weighted by Gasteiger charge is 2.34. The molecule has 0 fully saturated rings. The molecule has 0 spiro atoms. The van der Waals surface area contributed by atoms with Crippen LogP contribution in [0.1, 0.15) is 53.9 Å². The summed E-state index contributed by atoms with van der Waals surface area (Å²) in [6, 6.07) is 4.30. The normalized spacial score (nSPS) is 19.0. The van der Waals surface area contributed by atoms with Crippen molar-refractivity contribution < 1.29 is 9.84 Å². The number of hydrogen-bond acceptors (Lipinski definition) is 6. The zero-order valence-corrected chi connectivity index (χ0v) is 14.6.